The summed E-state index contributed by atoms with van der Waals surface area (Å²) < 4.78 is 1.88. The molecule has 5 rings (SSSR count). The number of nitrogens with one attached hydrogen (secondary N) is 1. The minimum atomic E-state index is -0.658. The molecule has 0 bridgehead atoms. The SMILES string of the molecule is Cc1cccc(CN2C(=O)[C@@H](CC(=O)Nc3ccc(Cl)cc3)n3c2nc2ccccc23)c1. The summed E-state index contributed by atoms with van der Waals surface area (Å²) in [5, 5.41) is 3.45. The third kappa shape index (κ3) is 3.74. The molecule has 0 saturated carbocycles. The molecule has 6 nitrogen and oxygen atoms in total. The summed E-state index contributed by atoms with van der Waals surface area (Å²) in [6, 6.07) is 22.0. The Morgan fingerprint density at radius 1 is 1.06 bits per heavy atom. The second-order valence-electron chi connectivity index (χ2n) is 7.96. The predicted molar refractivity (Wildman–Crippen MR) is 126 cm³/mol. The number of carbonyl (C=O) groups is 2. The van der Waals surface area contributed by atoms with Gasteiger partial charge in [-0.2, -0.15) is 0 Å². The first kappa shape index (κ1) is 20.3. The van der Waals surface area contributed by atoms with Crippen LogP contribution in [0.4, 0.5) is 11.6 Å². The summed E-state index contributed by atoms with van der Waals surface area (Å²) in [6.45, 7) is 2.42. The minimum Gasteiger partial charge on any atom is -0.326 e. The Bertz CT molecular complexity index is 1330. The van der Waals surface area contributed by atoms with E-state index in [0.29, 0.717) is 23.2 Å². The molecular formula is C25H21ClN4O2. The number of halogens is 1. The third-order valence-electron chi connectivity index (χ3n) is 5.61. The molecule has 2 heterocycles. The van der Waals surface area contributed by atoms with Crippen molar-refractivity contribution in [1.82, 2.24) is 9.55 Å². The molecule has 1 atom stereocenters. The fourth-order valence-electron chi connectivity index (χ4n) is 4.16. The molecule has 0 spiro atoms. The van der Waals surface area contributed by atoms with Crippen LogP contribution >= 0.6 is 11.6 Å². The van der Waals surface area contributed by atoms with Gasteiger partial charge < -0.3 is 5.32 Å². The van der Waals surface area contributed by atoms with E-state index in [1.165, 1.54) is 0 Å². The van der Waals surface area contributed by atoms with Crippen molar-refractivity contribution in [1.29, 1.82) is 0 Å². The van der Waals surface area contributed by atoms with Crippen molar-refractivity contribution >= 4 is 46.1 Å². The highest BCUT2D eigenvalue weighted by Gasteiger charge is 2.40. The van der Waals surface area contributed by atoms with Crippen LogP contribution in [0.3, 0.4) is 0 Å². The average molecular weight is 445 g/mol. The molecule has 1 aromatic heterocycles. The van der Waals surface area contributed by atoms with Gasteiger partial charge in [-0.3, -0.25) is 19.1 Å². The summed E-state index contributed by atoms with van der Waals surface area (Å²) in [5.41, 5.74) is 4.42. The molecule has 7 heteroatoms. The molecule has 1 aliphatic rings. The Labute approximate surface area is 190 Å². The fourth-order valence-corrected chi connectivity index (χ4v) is 4.29. The molecule has 3 aromatic carbocycles. The van der Waals surface area contributed by atoms with Crippen molar-refractivity contribution in [3.63, 3.8) is 0 Å². The van der Waals surface area contributed by atoms with Gasteiger partial charge in [0.1, 0.15) is 6.04 Å². The minimum absolute atomic E-state index is 0.0130. The van der Waals surface area contributed by atoms with Gasteiger partial charge in [0.2, 0.25) is 11.9 Å². The zero-order valence-electron chi connectivity index (χ0n) is 17.5. The number of imidazole rings is 1. The predicted octanol–water partition coefficient (Wildman–Crippen LogP) is 5.11. The lowest BCUT2D eigenvalue weighted by atomic mass is 10.1. The average Bonchev–Trinajstić information content (AvgIpc) is 3.26. The van der Waals surface area contributed by atoms with E-state index in [4.69, 9.17) is 16.6 Å². The van der Waals surface area contributed by atoms with Gasteiger partial charge in [0, 0.05) is 10.7 Å². The number of aromatic nitrogens is 2. The van der Waals surface area contributed by atoms with Crippen molar-refractivity contribution < 1.29 is 9.59 Å². The number of carbonyl (C=O) groups excluding carboxylic acids is 2. The first-order valence-electron chi connectivity index (χ1n) is 10.4. The Hall–Kier alpha value is -3.64. The maximum absolute atomic E-state index is 13.5. The van der Waals surface area contributed by atoms with Crippen LogP contribution in [0.5, 0.6) is 0 Å². The molecule has 0 aliphatic carbocycles. The first-order chi connectivity index (χ1) is 15.5. The lowest BCUT2D eigenvalue weighted by molar-refractivity contribution is -0.124. The Morgan fingerprint density at radius 2 is 1.84 bits per heavy atom. The Morgan fingerprint density at radius 3 is 2.62 bits per heavy atom. The largest absolute Gasteiger partial charge is 0.326 e. The van der Waals surface area contributed by atoms with Gasteiger partial charge in [-0.15, -0.1) is 0 Å². The summed E-state index contributed by atoms with van der Waals surface area (Å²) in [6.07, 6.45) is 0.0130. The number of benzene rings is 3. The van der Waals surface area contributed by atoms with Crippen LogP contribution in [0.15, 0.2) is 72.8 Å². The van der Waals surface area contributed by atoms with Gasteiger partial charge in [0.15, 0.2) is 0 Å². The van der Waals surface area contributed by atoms with E-state index in [2.05, 4.69) is 11.4 Å². The van der Waals surface area contributed by atoms with E-state index in [1.54, 1.807) is 29.2 Å². The van der Waals surface area contributed by atoms with E-state index in [-0.39, 0.29) is 18.2 Å². The van der Waals surface area contributed by atoms with Crippen LogP contribution in [0.25, 0.3) is 11.0 Å². The Balaban J connectivity index is 1.47. The molecule has 0 saturated heterocycles. The summed E-state index contributed by atoms with van der Waals surface area (Å²) in [5.74, 6) is 0.194. The van der Waals surface area contributed by atoms with Crippen molar-refractivity contribution in [2.75, 3.05) is 10.2 Å². The lowest BCUT2D eigenvalue weighted by Crippen LogP contribution is -2.31. The van der Waals surface area contributed by atoms with E-state index in [9.17, 15) is 9.59 Å². The van der Waals surface area contributed by atoms with Crippen molar-refractivity contribution in [3.8, 4) is 0 Å². The number of rotatable bonds is 5. The quantitative estimate of drug-likeness (QED) is 0.465. The summed E-state index contributed by atoms with van der Waals surface area (Å²) in [7, 11) is 0. The van der Waals surface area contributed by atoms with Gasteiger partial charge in [0.25, 0.3) is 5.91 Å². The topological polar surface area (TPSA) is 67.2 Å². The van der Waals surface area contributed by atoms with Crippen molar-refractivity contribution in [2.45, 2.75) is 25.9 Å². The summed E-state index contributed by atoms with van der Waals surface area (Å²) in [4.78, 5) is 32.7. The molecule has 4 aromatic rings. The van der Waals surface area contributed by atoms with Crippen LogP contribution in [0.1, 0.15) is 23.6 Å². The molecular weight excluding hydrogens is 424 g/mol. The number of aryl methyl sites for hydroxylation is 1. The number of amides is 2. The summed E-state index contributed by atoms with van der Waals surface area (Å²) >= 11 is 5.92. The molecule has 0 unspecified atom stereocenters. The molecule has 2 amide bonds. The monoisotopic (exact) mass is 444 g/mol. The van der Waals surface area contributed by atoms with Crippen molar-refractivity contribution in [3.05, 3.63) is 88.9 Å². The molecule has 32 heavy (non-hydrogen) atoms. The zero-order valence-corrected chi connectivity index (χ0v) is 18.2. The highest BCUT2D eigenvalue weighted by molar-refractivity contribution is 6.30. The number of fused-ring (bicyclic) bond motifs is 3. The maximum Gasteiger partial charge on any atom is 0.253 e. The molecule has 0 radical (unpaired) electrons. The molecule has 160 valence electrons. The maximum atomic E-state index is 13.5. The smallest absolute Gasteiger partial charge is 0.253 e. The van der Waals surface area contributed by atoms with Gasteiger partial charge in [-0.25, -0.2) is 4.98 Å². The number of anilines is 2. The van der Waals surface area contributed by atoms with E-state index < -0.39 is 6.04 Å². The lowest BCUT2D eigenvalue weighted by Gasteiger charge is -2.16. The van der Waals surface area contributed by atoms with Gasteiger partial charge >= 0.3 is 0 Å². The second-order valence-corrected chi connectivity index (χ2v) is 8.40. The number of para-hydroxylation sites is 2. The van der Waals surface area contributed by atoms with Crippen molar-refractivity contribution in [2.24, 2.45) is 0 Å². The molecule has 1 N–H and O–H groups in total. The number of hydrogen-bond acceptors (Lipinski definition) is 3. The normalized spacial score (nSPS) is 15.2. The number of hydrogen-bond donors (Lipinski definition) is 1. The van der Waals surface area contributed by atoms with Gasteiger partial charge in [-0.1, -0.05) is 53.6 Å². The standard InChI is InChI=1S/C25H21ClN4O2/c1-16-5-4-6-17(13-16)15-29-24(32)22(14-23(31)27-19-11-9-18(26)10-12-19)30-21-8-3-2-7-20(21)28-25(29)30/h2-13,22H,14-15H2,1H3,(H,27,31)/t22-/m1/s1. The highest BCUT2D eigenvalue weighted by atomic mass is 35.5. The molecule has 0 fully saturated rings. The second kappa shape index (κ2) is 8.13. The van der Waals surface area contributed by atoms with E-state index in [1.807, 2.05) is 54.0 Å². The highest BCUT2D eigenvalue weighted by Crippen LogP contribution is 2.37. The van der Waals surface area contributed by atoms with E-state index in [0.717, 1.165) is 22.2 Å². The molecule has 1 aliphatic heterocycles. The number of nitrogens with zero attached hydrogens (tertiary/aromatic N) is 3. The Kier molecular flexibility index (Phi) is 5.15. The van der Waals surface area contributed by atoms with Crippen LogP contribution in [0, 0.1) is 6.92 Å². The van der Waals surface area contributed by atoms with Gasteiger partial charge in [-0.05, 0) is 48.9 Å². The van der Waals surface area contributed by atoms with Crippen LogP contribution in [-0.4, -0.2) is 21.4 Å². The van der Waals surface area contributed by atoms with Gasteiger partial charge in [0.05, 0.1) is 24.0 Å². The van der Waals surface area contributed by atoms with E-state index >= 15 is 0 Å². The fraction of sp³-hybridized carbons (Fsp3) is 0.160. The first-order valence-corrected chi connectivity index (χ1v) is 10.8. The van der Waals surface area contributed by atoms with Crippen LogP contribution in [-0.2, 0) is 16.1 Å². The van der Waals surface area contributed by atoms with Crippen LogP contribution < -0.4 is 10.2 Å². The third-order valence-corrected chi connectivity index (χ3v) is 5.86. The zero-order chi connectivity index (χ0) is 22.2. The van der Waals surface area contributed by atoms with Crippen LogP contribution in [0.2, 0.25) is 5.02 Å².